The van der Waals surface area contributed by atoms with E-state index in [4.69, 9.17) is 16.3 Å². The van der Waals surface area contributed by atoms with Gasteiger partial charge in [0, 0.05) is 10.6 Å². The molecule has 0 bridgehead atoms. The first-order valence-corrected chi connectivity index (χ1v) is 8.43. The SMILES string of the molecule is C[C@H]1Cn2nc(-c3ccc(Cl)cc3)cc2CN1C(=O)OC(C)(C)C. The van der Waals surface area contributed by atoms with Gasteiger partial charge >= 0.3 is 6.09 Å². The summed E-state index contributed by atoms with van der Waals surface area (Å²) in [6, 6.07) is 9.66. The van der Waals surface area contributed by atoms with Crippen LogP contribution in [0.5, 0.6) is 0 Å². The van der Waals surface area contributed by atoms with Gasteiger partial charge in [-0.1, -0.05) is 23.7 Å². The van der Waals surface area contributed by atoms with Crippen LogP contribution in [-0.4, -0.2) is 32.4 Å². The lowest BCUT2D eigenvalue weighted by atomic mass is 10.1. The minimum atomic E-state index is -0.497. The Morgan fingerprint density at radius 2 is 1.96 bits per heavy atom. The maximum atomic E-state index is 12.4. The molecule has 0 spiro atoms. The third-order valence-corrected chi connectivity index (χ3v) is 4.18. The van der Waals surface area contributed by atoms with E-state index in [0.717, 1.165) is 17.0 Å². The molecule has 5 nitrogen and oxygen atoms in total. The third kappa shape index (κ3) is 3.56. The first-order valence-electron chi connectivity index (χ1n) is 8.05. The predicted molar refractivity (Wildman–Crippen MR) is 93.9 cm³/mol. The quantitative estimate of drug-likeness (QED) is 0.770. The van der Waals surface area contributed by atoms with Crippen molar-refractivity contribution in [3.8, 4) is 11.3 Å². The summed E-state index contributed by atoms with van der Waals surface area (Å²) in [6.45, 7) is 8.79. The van der Waals surface area contributed by atoms with E-state index in [1.807, 2.05) is 62.7 Å². The van der Waals surface area contributed by atoms with Crippen LogP contribution in [0.3, 0.4) is 0 Å². The van der Waals surface area contributed by atoms with E-state index in [0.29, 0.717) is 18.1 Å². The Kier molecular flexibility index (Phi) is 4.30. The highest BCUT2D eigenvalue weighted by Gasteiger charge is 2.31. The van der Waals surface area contributed by atoms with Crippen LogP contribution in [-0.2, 0) is 17.8 Å². The Bertz CT molecular complexity index is 747. The van der Waals surface area contributed by atoms with Crippen molar-refractivity contribution in [3.05, 3.63) is 41.0 Å². The summed E-state index contributed by atoms with van der Waals surface area (Å²) in [5.74, 6) is 0. The van der Waals surface area contributed by atoms with E-state index in [2.05, 4.69) is 5.10 Å². The van der Waals surface area contributed by atoms with E-state index >= 15 is 0 Å². The number of nitrogens with zero attached hydrogens (tertiary/aromatic N) is 3. The number of carbonyl (C=O) groups excluding carboxylic acids is 1. The van der Waals surface area contributed by atoms with Crippen molar-refractivity contribution >= 4 is 17.7 Å². The Balaban J connectivity index is 1.82. The zero-order valence-electron chi connectivity index (χ0n) is 14.4. The van der Waals surface area contributed by atoms with E-state index in [1.165, 1.54) is 0 Å². The number of hydrogen-bond donors (Lipinski definition) is 0. The standard InChI is InChI=1S/C18H22ClN3O2/c1-12-10-22-15(11-21(12)17(23)24-18(2,3)4)9-16(20-22)13-5-7-14(19)8-6-13/h5-9,12H,10-11H2,1-4H3/t12-/m0/s1. The molecule has 0 aliphatic carbocycles. The molecule has 1 aromatic heterocycles. The fourth-order valence-corrected chi connectivity index (χ4v) is 2.87. The highest BCUT2D eigenvalue weighted by molar-refractivity contribution is 6.30. The maximum Gasteiger partial charge on any atom is 0.410 e. The second kappa shape index (κ2) is 6.13. The summed E-state index contributed by atoms with van der Waals surface area (Å²) >= 11 is 5.94. The molecule has 1 atom stereocenters. The highest BCUT2D eigenvalue weighted by atomic mass is 35.5. The number of ether oxygens (including phenoxy) is 1. The first-order chi connectivity index (χ1) is 11.2. The Morgan fingerprint density at radius 3 is 2.58 bits per heavy atom. The number of fused-ring (bicyclic) bond motifs is 1. The number of amides is 1. The Hall–Kier alpha value is -2.01. The minimum Gasteiger partial charge on any atom is -0.444 e. The lowest BCUT2D eigenvalue weighted by Crippen LogP contribution is -2.46. The molecule has 3 rings (SSSR count). The molecule has 1 aromatic carbocycles. The predicted octanol–water partition coefficient (Wildman–Crippen LogP) is 4.34. The average molecular weight is 348 g/mol. The van der Waals surface area contributed by atoms with Gasteiger partial charge < -0.3 is 4.74 Å². The fraction of sp³-hybridized carbons (Fsp3) is 0.444. The smallest absolute Gasteiger partial charge is 0.410 e. The molecule has 24 heavy (non-hydrogen) atoms. The third-order valence-electron chi connectivity index (χ3n) is 3.93. The Morgan fingerprint density at radius 1 is 1.29 bits per heavy atom. The molecule has 1 amide bonds. The van der Waals surface area contributed by atoms with Crippen molar-refractivity contribution in [2.75, 3.05) is 0 Å². The van der Waals surface area contributed by atoms with Gasteiger partial charge in [0.05, 0.1) is 30.5 Å². The first kappa shape index (κ1) is 16.8. The zero-order valence-corrected chi connectivity index (χ0v) is 15.2. The molecule has 2 aromatic rings. The number of aromatic nitrogens is 2. The maximum absolute atomic E-state index is 12.4. The second-order valence-electron chi connectivity index (χ2n) is 7.17. The van der Waals surface area contributed by atoms with Crippen molar-refractivity contribution in [1.29, 1.82) is 0 Å². The molecule has 6 heteroatoms. The summed E-state index contributed by atoms with van der Waals surface area (Å²) < 4.78 is 7.48. The van der Waals surface area contributed by atoms with Crippen molar-refractivity contribution < 1.29 is 9.53 Å². The van der Waals surface area contributed by atoms with Gasteiger partial charge in [-0.2, -0.15) is 5.10 Å². The van der Waals surface area contributed by atoms with Gasteiger partial charge in [-0.15, -0.1) is 0 Å². The van der Waals surface area contributed by atoms with Crippen LogP contribution in [0.2, 0.25) is 5.02 Å². The summed E-state index contributed by atoms with van der Waals surface area (Å²) in [6.07, 6.45) is -0.282. The van der Waals surface area contributed by atoms with Crippen LogP contribution < -0.4 is 0 Å². The molecule has 1 aliphatic rings. The summed E-state index contributed by atoms with van der Waals surface area (Å²) in [5, 5.41) is 5.37. The average Bonchev–Trinajstić information content (AvgIpc) is 2.88. The number of carbonyl (C=O) groups is 1. The monoisotopic (exact) mass is 347 g/mol. The van der Waals surface area contributed by atoms with Crippen LogP contribution in [0.15, 0.2) is 30.3 Å². The molecule has 1 aliphatic heterocycles. The lowest BCUT2D eigenvalue weighted by molar-refractivity contribution is 0.00908. The number of benzene rings is 1. The number of halogens is 1. The van der Waals surface area contributed by atoms with E-state index in [1.54, 1.807) is 4.90 Å². The summed E-state index contributed by atoms with van der Waals surface area (Å²) in [5.41, 5.74) is 2.41. The normalized spacial score (nSPS) is 17.5. The van der Waals surface area contributed by atoms with Gasteiger partial charge in [0.15, 0.2) is 0 Å². The Labute approximate surface area is 147 Å². The van der Waals surface area contributed by atoms with Gasteiger partial charge in [0.1, 0.15) is 5.60 Å². The summed E-state index contributed by atoms with van der Waals surface area (Å²) in [7, 11) is 0. The van der Waals surface area contributed by atoms with E-state index in [9.17, 15) is 4.79 Å². The molecule has 0 saturated heterocycles. The molecular formula is C18H22ClN3O2. The van der Waals surface area contributed by atoms with Crippen LogP contribution in [0, 0.1) is 0 Å². The van der Waals surface area contributed by atoms with Crippen molar-refractivity contribution in [1.82, 2.24) is 14.7 Å². The second-order valence-corrected chi connectivity index (χ2v) is 7.60. The van der Waals surface area contributed by atoms with Crippen LogP contribution >= 0.6 is 11.6 Å². The topological polar surface area (TPSA) is 47.4 Å². The molecular weight excluding hydrogens is 326 g/mol. The van der Waals surface area contributed by atoms with Gasteiger partial charge in [-0.25, -0.2) is 4.79 Å². The molecule has 0 saturated carbocycles. The molecule has 2 heterocycles. The van der Waals surface area contributed by atoms with E-state index < -0.39 is 5.60 Å². The minimum absolute atomic E-state index is 0.0327. The zero-order chi connectivity index (χ0) is 17.5. The van der Waals surface area contributed by atoms with Crippen LogP contribution in [0.1, 0.15) is 33.4 Å². The van der Waals surface area contributed by atoms with Gasteiger partial charge in [-0.3, -0.25) is 9.58 Å². The van der Waals surface area contributed by atoms with Gasteiger partial charge in [-0.05, 0) is 45.9 Å². The molecule has 0 unspecified atom stereocenters. The molecule has 0 fully saturated rings. The van der Waals surface area contributed by atoms with Crippen LogP contribution in [0.25, 0.3) is 11.3 Å². The fourth-order valence-electron chi connectivity index (χ4n) is 2.75. The van der Waals surface area contributed by atoms with Crippen LogP contribution in [0.4, 0.5) is 4.79 Å². The summed E-state index contributed by atoms with van der Waals surface area (Å²) in [4.78, 5) is 14.2. The van der Waals surface area contributed by atoms with Gasteiger partial charge in [0.25, 0.3) is 0 Å². The highest BCUT2D eigenvalue weighted by Crippen LogP contribution is 2.26. The van der Waals surface area contributed by atoms with E-state index in [-0.39, 0.29) is 12.1 Å². The molecule has 0 N–H and O–H groups in total. The molecule has 0 radical (unpaired) electrons. The van der Waals surface area contributed by atoms with Gasteiger partial charge in [0.2, 0.25) is 0 Å². The van der Waals surface area contributed by atoms with Crippen molar-refractivity contribution in [3.63, 3.8) is 0 Å². The molecule has 128 valence electrons. The lowest BCUT2D eigenvalue weighted by Gasteiger charge is -2.35. The number of rotatable bonds is 1. The van der Waals surface area contributed by atoms with Crippen molar-refractivity contribution in [2.24, 2.45) is 0 Å². The van der Waals surface area contributed by atoms with Crippen molar-refractivity contribution in [2.45, 2.75) is 52.4 Å². The largest absolute Gasteiger partial charge is 0.444 e. The number of hydrogen-bond acceptors (Lipinski definition) is 3.